The van der Waals surface area contributed by atoms with Crippen LogP contribution in [-0.2, 0) is 4.79 Å². The van der Waals surface area contributed by atoms with Crippen LogP contribution in [0.15, 0.2) is 0 Å². The number of Topliss-reactive ketones (excluding diaryl/α,β-unsaturated/α-hetero) is 1. The molecule has 1 unspecified atom stereocenters. The van der Waals surface area contributed by atoms with Crippen LogP contribution in [0, 0.1) is 11.3 Å². The Kier molecular flexibility index (Phi) is 0.842. The van der Waals surface area contributed by atoms with E-state index in [1.807, 2.05) is 0 Å². The minimum Gasteiger partial charge on any atom is -0.299 e. The predicted octanol–water partition coefficient (Wildman–Crippen LogP) is 1.77. The molecule has 1 heteroatoms. The molecule has 2 rings (SSSR count). The molecule has 0 aromatic rings. The monoisotopic (exact) mass is 124 g/mol. The Morgan fingerprint density at radius 2 is 2.33 bits per heavy atom. The van der Waals surface area contributed by atoms with Crippen LogP contribution in [0.2, 0.25) is 0 Å². The largest absolute Gasteiger partial charge is 0.299 e. The van der Waals surface area contributed by atoms with Crippen LogP contribution >= 0.6 is 0 Å². The maximum absolute atomic E-state index is 11.2. The number of ketones is 1. The molecule has 0 spiro atoms. The first kappa shape index (κ1) is 5.45. The Bertz CT molecular complexity index is 162. The van der Waals surface area contributed by atoms with E-state index in [9.17, 15) is 4.79 Å². The van der Waals surface area contributed by atoms with Crippen molar-refractivity contribution >= 4 is 5.78 Å². The van der Waals surface area contributed by atoms with E-state index in [2.05, 4.69) is 6.92 Å². The van der Waals surface area contributed by atoms with Crippen molar-refractivity contribution in [3.63, 3.8) is 0 Å². The molecule has 0 aromatic heterocycles. The first-order valence-corrected chi connectivity index (χ1v) is 3.77. The van der Waals surface area contributed by atoms with Crippen LogP contribution in [0.3, 0.4) is 0 Å². The molecule has 2 saturated carbocycles. The fraction of sp³-hybridized carbons (Fsp3) is 0.875. The zero-order valence-corrected chi connectivity index (χ0v) is 5.81. The molecule has 2 fully saturated rings. The average molecular weight is 124 g/mol. The van der Waals surface area contributed by atoms with Gasteiger partial charge in [0.05, 0.1) is 0 Å². The van der Waals surface area contributed by atoms with Gasteiger partial charge in [-0.1, -0.05) is 6.92 Å². The molecule has 9 heavy (non-hydrogen) atoms. The average Bonchev–Trinajstić information content (AvgIpc) is 1.96. The Labute approximate surface area is 55.4 Å². The minimum absolute atomic E-state index is 0.153. The fourth-order valence-electron chi connectivity index (χ4n) is 2.20. The highest BCUT2D eigenvalue weighted by molar-refractivity contribution is 5.87. The van der Waals surface area contributed by atoms with Gasteiger partial charge in [0, 0.05) is 11.8 Å². The highest BCUT2D eigenvalue weighted by atomic mass is 16.1. The number of hydrogen-bond acceptors (Lipinski definition) is 1. The molecule has 0 amide bonds. The van der Waals surface area contributed by atoms with Gasteiger partial charge in [0.25, 0.3) is 0 Å². The highest BCUT2D eigenvalue weighted by Gasteiger charge is 2.51. The van der Waals surface area contributed by atoms with E-state index in [0.29, 0.717) is 5.78 Å². The topological polar surface area (TPSA) is 17.1 Å². The molecule has 2 atom stereocenters. The molecule has 0 aromatic carbocycles. The third kappa shape index (κ3) is 0.480. The van der Waals surface area contributed by atoms with Crippen LogP contribution < -0.4 is 0 Å². The van der Waals surface area contributed by atoms with Crippen molar-refractivity contribution in [1.82, 2.24) is 0 Å². The first-order chi connectivity index (χ1) is 4.23. The quantitative estimate of drug-likeness (QED) is 0.481. The van der Waals surface area contributed by atoms with Gasteiger partial charge in [-0.15, -0.1) is 0 Å². The van der Waals surface area contributed by atoms with Gasteiger partial charge < -0.3 is 0 Å². The van der Waals surface area contributed by atoms with E-state index in [1.54, 1.807) is 0 Å². The summed E-state index contributed by atoms with van der Waals surface area (Å²) in [7, 11) is 0. The molecule has 0 saturated heterocycles. The second kappa shape index (κ2) is 1.39. The Balaban J connectivity index is 2.28. The molecule has 0 aliphatic heterocycles. The van der Waals surface area contributed by atoms with Gasteiger partial charge >= 0.3 is 0 Å². The molecular formula is C8H12O. The van der Waals surface area contributed by atoms with Crippen molar-refractivity contribution in [2.75, 3.05) is 0 Å². The summed E-state index contributed by atoms with van der Waals surface area (Å²) in [5.41, 5.74) is 0.153. The van der Waals surface area contributed by atoms with Crippen LogP contribution in [0.1, 0.15) is 32.6 Å². The van der Waals surface area contributed by atoms with Crippen molar-refractivity contribution in [2.24, 2.45) is 11.3 Å². The van der Waals surface area contributed by atoms with Crippen molar-refractivity contribution in [3.05, 3.63) is 0 Å². The van der Waals surface area contributed by atoms with Gasteiger partial charge in [0.15, 0.2) is 0 Å². The predicted molar refractivity (Wildman–Crippen MR) is 35.1 cm³/mol. The summed E-state index contributed by atoms with van der Waals surface area (Å²) in [6.07, 6.45) is 4.51. The van der Waals surface area contributed by atoms with Gasteiger partial charge in [0.1, 0.15) is 5.78 Å². The maximum atomic E-state index is 11.2. The van der Waals surface area contributed by atoms with E-state index in [4.69, 9.17) is 0 Å². The second-order valence-corrected chi connectivity index (χ2v) is 3.61. The number of fused-ring (bicyclic) bond motifs is 1. The zero-order valence-electron chi connectivity index (χ0n) is 5.81. The molecule has 0 radical (unpaired) electrons. The van der Waals surface area contributed by atoms with Crippen molar-refractivity contribution in [3.8, 4) is 0 Å². The lowest BCUT2D eigenvalue weighted by molar-refractivity contribution is -0.130. The van der Waals surface area contributed by atoms with Crippen LogP contribution in [0.5, 0.6) is 0 Å². The lowest BCUT2D eigenvalue weighted by Crippen LogP contribution is -2.37. The molecule has 0 N–H and O–H groups in total. The minimum atomic E-state index is 0.153. The van der Waals surface area contributed by atoms with E-state index in [0.717, 1.165) is 18.8 Å². The molecule has 0 heterocycles. The summed E-state index contributed by atoms with van der Waals surface area (Å²) in [5, 5.41) is 0. The van der Waals surface area contributed by atoms with Crippen molar-refractivity contribution in [1.29, 1.82) is 0 Å². The number of carbonyl (C=O) groups excluding carboxylic acids is 1. The number of carbonyl (C=O) groups is 1. The summed E-state index contributed by atoms with van der Waals surface area (Å²) in [6, 6.07) is 0. The van der Waals surface area contributed by atoms with Gasteiger partial charge in [0.2, 0.25) is 0 Å². The standard InChI is InChI=1S/C8H12O/c1-8-5-4-6(8)2-3-7(8)9/h6H,2-5H2,1H3/t6-,8?/m0/s1. The van der Waals surface area contributed by atoms with E-state index < -0.39 is 0 Å². The molecule has 50 valence electrons. The van der Waals surface area contributed by atoms with Crippen molar-refractivity contribution < 1.29 is 4.79 Å². The third-order valence-electron chi connectivity index (χ3n) is 3.27. The molecular weight excluding hydrogens is 112 g/mol. The van der Waals surface area contributed by atoms with E-state index >= 15 is 0 Å². The highest BCUT2D eigenvalue weighted by Crippen LogP contribution is 2.54. The molecule has 2 aliphatic carbocycles. The zero-order chi connectivity index (χ0) is 6.48. The number of rotatable bonds is 0. The first-order valence-electron chi connectivity index (χ1n) is 3.77. The third-order valence-corrected chi connectivity index (χ3v) is 3.27. The fourth-order valence-corrected chi connectivity index (χ4v) is 2.20. The van der Waals surface area contributed by atoms with E-state index in [1.165, 1.54) is 12.8 Å². The van der Waals surface area contributed by atoms with Gasteiger partial charge in [-0.25, -0.2) is 0 Å². The SMILES string of the molecule is CC12CC[C@@H]1CCC2=O. The van der Waals surface area contributed by atoms with Gasteiger partial charge in [-0.05, 0) is 25.2 Å². The van der Waals surface area contributed by atoms with Gasteiger partial charge in [-0.2, -0.15) is 0 Å². The Morgan fingerprint density at radius 1 is 1.56 bits per heavy atom. The molecule has 1 nitrogen and oxygen atoms in total. The lowest BCUT2D eigenvalue weighted by Gasteiger charge is -2.40. The van der Waals surface area contributed by atoms with E-state index in [-0.39, 0.29) is 5.41 Å². The van der Waals surface area contributed by atoms with Crippen LogP contribution in [0.4, 0.5) is 0 Å². The lowest BCUT2D eigenvalue weighted by atomic mass is 9.63. The summed E-state index contributed by atoms with van der Waals surface area (Å²) in [4.78, 5) is 11.2. The normalized spacial score (nSPS) is 48.6. The second-order valence-electron chi connectivity index (χ2n) is 3.61. The number of hydrogen-bond donors (Lipinski definition) is 0. The summed E-state index contributed by atoms with van der Waals surface area (Å²) in [5.74, 6) is 1.30. The summed E-state index contributed by atoms with van der Waals surface area (Å²) >= 11 is 0. The van der Waals surface area contributed by atoms with Crippen LogP contribution in [-0.4, -0.2) is 5.78 Å². The van der Waals surface area contributed by atoms with Crippen molar-refractivity contribution in [2.45, 2.75) is 32.6 Å². The Hall–Kier alpha value is -0.330. The van der Waals surface area contributed by atoms with Gasteiger partial charge in [-0.3, -0.25) is 4.79 Å². The molecule has 2 aliphatic rings. The maximum Gasteiger partial charge on any atom is 0.139 e. The Morgan fingerprint density at radius 3 is 2.56 bits per heavy atom. The summed E-state index contributed by atoms with van der Waals surface area (Å²) < 4.78 is 0. The molecule has 0 bridgehead atoms. The smallest absolute Gasteiger partial charge is 0.139 e. The van der Waals surface area contributed by atoms with Crippen LogP contribution in [0.25, 0.3) is 0 Å². The summed E-state index contributed by atoms with van der Waals surface area (Å²) in [6.45, 7) is 2.14.